The highest BCUT2D eigenvalue weighted by Gasteiger charge is 2.42. The maximum absolute atomic E-state index is 12.4. The number of rotatable bonds is 3. The van der Waals surface area contributed by atoms with Crippen molar-refractivity contribution < 1.29 is 22.8 Å². The van der Waals surface area contributed by atoms with Gasteiger partial charge in [-0.3, -0.25) is 9.59 Å². The lowest BCUT2D eigenvalue weighted by Crippen LogP contribution is -2.49. The summed E-state index contributed by atoms with van der Waals surface area (Å²) >= 11 is 0. The van der Waals surface area contributed by atoms with E-state index in [1.165, 1.54) is 4.90 Å². The van der Waals surface area contributed by atoms with Crippen LogP contribution in [-0.4, -0.2) is 42.0 Å². The topological polar surface area (TPSA) is 89.4 Å². The van der Waals surface area contributed by atoms with Crippen molar-refractivity contribution in [2.75, 3.05) is 13.1 Å². The fraction of sp³-hybridized carbons (Fsp3) is 0.800. The minimum Gasteiger partial charge on any atom is -0.370 e. The number of carbonyl (C=O) groups is 2. The molecule has 0 aliphatic carbocycles. The van der Waals surface area contributed by atoms with E-state index in [4.69, 9.17) is 11.5 Å². The Hall–Kier alpha value is -1.31. The summed E-state index contributed by atoms with van der Waals surface area (Å²) in [7, 11) is 0. The molecule has 1 aliphatic heterocycles. The van der Waals surface area contributed by atoms with Crippen LogP contribution in [0.4, 0.5) is 13.2 Å². The standard InChI is InChI=1S/C10H16F3N3O2/c11-10(12,13)6-1-3-16(4-2-6)9(18)7(14)5-8(15)17/h6-7H,1-5,14H2,(H2,15,17). The minimum absolute atomic E-state index is 0.00940. The zero-order valence-electron chi connectivity index (χ0n) is 9.74. The molecule has 0 aromatic heterocycles. The lowest BCUT2D eigenvalue weighted by Gasteiger charge is -2.34. The third kappa shape index (κ3) is 3.86. The number of halogens is 3. The second-order valence-electron chi connectivity index (χ2n) is 4.42. The predicted molar refractivity (Wildman–Crippen MR) is 57.1 cm³/mol. The van der Waals surface area contributed by atoms with Gasteiger partial charge in [-0.15, -0.1) is 0 Å². The molecule has 0 aromatic rings. The van der Waals surface area contributed by atoms with Crippen molar-refractivity contribution in [3.8, 4) is 0 Å². The first-order valence-electron chi connectivity index (χ1n) is 5.61. The van der Waals surface area contributed by atoms with Crippen LogP contribution in [-0.2, 0) is 9.59 Å². The van der Waals surface area contributed by atoms with Crippen molar-refractivity contribution in [1.29, 1.82) is 0 Å². The average Bonchev–Trinajstić information content (AvgIpc) is 2.26. The molecule has 5 nitrogen and oxygen atoms in total. The molecule has 0 spiro atoms. The molecule has 0 aromatic carbocycles. The number of likely N-dealkylation sites (tertiary alicyclic amines) is 1. The minimum atomic E-state index is -4.22. The summed E-state index contributed by atoms with van der Waals surface area (Å²) in [5.74, 6) is -2.59. The van der Waals surface area contributed by atoms with Crippen molar-refractivity contribution in [3.05, 3.63) is 0 Å². The van der Waals surface area contributed by atoms with E-state index in [2.05, 4.69) is 0 Å². The van der Waals surface area contributed by atoms with Crippen molar-refractivity contribution in [2.45, 2.75) is 31.5 Å². The smallest absolute Gasteiger partial charge is 0.370 e. The van der Waals surface area contributed by atoms with E-state index in [0.29, 0.717) is 0 Å². The second kappa shape index (κ2) is 5.55. The molecule has 18 heavy (non-hydrogen) atoms. The maximum atomic E-state index is 12.4. The number of piperidine rings is 1. The van der Waals surface area contributed by atoms with Crippen LogP contribution in [0.1, 0.15) is 19.3 Å². The Bertz CT molecular complexity index is 325. The van der Waals surface area contributed by atoms with Gasteiger partial charge in [-0.1, -0.05) is 0 Å². The first kappa shape index (κ1) is 14.7. The van der Waals surface area contributed by atoms with Crippen LogP contribution in [0.5, 0.6) is 0 Å². The van der Waals surface area contributed by atoms with E-state index in [9.17, 15) is 22.8 Å². The number of primary amides is 1. The summed E-state index contributed by atoms with van der Waals surface area (Å²) in [6.07, 6.45) is -4.76. The highest BCUT2D eigenvalue weighted by Crippen LogP contribution is 2.34. The second-order valence-corrected chi connectivity index (χ2v) is 4.42. The molecule has 1 heterocycles. The van der Waals surface area contributed by atoms with Crippen LogP contribution in [0.3, 0.4) is 0 Å². The van der Waals surface area contributed by atoms with Crippen LogP contribution < -0.4 is 11.5 Å². The molecule has 1 saturated heterocycles. The van der Waals surface area contributed by atoms with E-state index >= 15 is 0 Å². The molecule has 1 atom stereocenters. The molecule has 0 bridgehead atoms. The zero-order chi connectivity index (χ0) is 13.9. The molecule has 1 aliphatic rings. The third-order valence-electron chi connectivity index (χ3n) is 3.01. The fourth-order valence-electron chi connectivity index (χ4n) is 1.97. The summed E-state index contributed by atoms with van der Waals surface area (Å²) in [4.78, 5) is 23.6. The Morgan fingerprint density at radius 1 is 1.28 bits per heavy atom. The summed E-state index contributed by atoms with van der Waals surface area (Å²) in [5, 5.41) is 0. The normalized spacial score (nSPS) is 19.7. The van der Waals surface area contributed by atoms with Crippen LogP contribution in [0.25, 0.3) is 0 Å². The van der Waals surface area contributed by atoms with E-state index in [-0.39, 0.29) is 32.4 Å². The molecule has 104 valence electrons. The number of nitrogens with zero attached hydrogens (tertiary/aromatic N) is 1. The van der Waals surface area contributed by atoms with Crippen LogP contribution in [0.15, 0.2) is 0 Å². The molecule has 0 radical (unpaired) electrons. The lowest BCUT2D eigenvalue weighted by atomic mass is 9.95. The molecular formula is C10H16F3N3O2. The van der Waals surface area contributed by atoms with Crippen LogP contribution >= 0.6 is 0 Å². The van der Waals surface area contributed by atoms with Crippen LogP contribution in [0.2, 0.25) is 0 Å². The Kier molecular flexibility index (Phi) is 4.55. The fourth-order valence-corrected chi connectivity index (χ4v) is 1.97. The highest BCUT2D eigenvalue weighted by atomic mass is 19.4. The van der Waals surface area contributed by atoms with Gasteiger partial charge in [-0.2, -0.15) is 13.2 Å². The predicted octanol–water partition coefficient (Wildman–Crippen LogP) is -0.0100. The van der Waals surface area contributed by atoms with Gasteiger partial charge in [0, 0.05) is 13.1 Å². The largest absolute Gasteiger partial charge is 0.391 e. The molecule has 0 saturated carbocycles. The van der Waals surface area contributed by atoms with Crippen molar-refractivity contribution in [1.82, 2.24) is 4.90 Å². The summed E-state index contributed by atoms with van der Waals surface area (Å²) in [5.41, 5.74) is 10.4. The molecule has 1 rings (SSSR count). The van der Waals surface area contributed by atoms with E-state index in [0.717, 1.165) is 0 Å². The average molecular weight is 267 g/mol. The monoisotopic (exact) mass is 267 g/mol. The summed E-state index contributed by atoms with van der Waals surface area (Å²) < 4.78 is 37.2. The Labute approximate surface area is 102 Å². The Morgan fingerprint density at radius 3 is 2.17 bits per heavy atom. The Morgan fingerprint density at radius 2 is 1.78 bits per heavy atom. The van der Waals surface area contributed by atoms with Gasteiger partial charge in [0.1, 0.15) is 0 Å². The molecule has 2 amide bonds. The number of nitrogens with two attached hydrogens (primary N) is 2. The number of hydrogen-bond donors (Lipinski definition) is 2. The first-order chi connectivity index (χ1) is 8.21. The van der Waals surface area contributed by atoms with Gasteiger partial charge in [0.05, 0.1) is 18.4 Å². The molecule has 4 N–H and O–H groups in total. The van der Waals surface area contributed by atoms with Gasteiger partial charge in [0.25, 0.3) is 0 Å². The maximum Gasteiger partial charge on any atom is 0.391 e. The number of amides is 2. The molecular weight excluding hydrogens is 251 g/mol. The lowest BCUT2D eigenvalue weighted by molar-refractivity contribution is -0.186. The van der Waals surface area contributed by atoms with Gasteiger partial charge in [-0.25, -0.2) is 0 Å². The molecule has 1 fully saturated rings. The van der Waals surface area contributed by atoms with Gasteiger partial charge >= 0.3 is 6.18 Å². The highest BCUT2D eigenvalue weighted by molar-refractivity contribution is 5.87. The van der Waals surface area contributed by atoms with E-state index in [1.54, 1.807) is 0 Å². The number of alkyl halides is 3. The number of carbonyl (C=O) groups excluding carboxylic acids is 2. The Balaban J connectivity index is 2.48. The quantitative estimate of drug-likeness (QED) is 0.753. The third-order valence-corrected chi connectivity index (χ3v) is 3.01. The van der Waals surface area contributed by atoms with Crippen molar-refractivity contribution in [3.63, 3.8) is 0 Å². The van der Waals surface area contributed by atoms with Gasteiger partial charge < -0.3 is 16.4 Å². The van der Waals surface area contributed by atoms with Gasteiger partial charge in [-0.05, 0) is 12.8 Å². The van der Waals surface area contributed by atoms with Crippen LogP contribution in [0, 0.1) is 5.92 Å². The first-order valence-corrected chi connectivity index (χ1v) is 5.61. The number of hydrogen-bond acceptors (Lipinski definition) is 3. The summed E-state index contributed by atoms with van der Waals surface area (Å²) in [6.45, 7) is 0.0188. The summed E-state index contributed by atoms with van der Waals surface area (Å²) in [6, 6.07) is -1.06. The van der Waals surface area contributed by atoms with Crippen molar-refractivity contribution >= 4 is 11.8 Å². The van der Waals surface area contributed by atoms with E-state index < -0.39 is 30.0 Å². The molecule has 8 heteroatoms. The zero-order valence-corrected chi connectivity index (χ0v) is 9.74. The van der Waals surface area contributed by atoms with E-state index in [1.807, 2.05) is 0 Å². The SMILES string of the molecule is NC(=O)CC(N)C(=O)N1CCC(C(F)(F)F)CC1. The van der Waals surface area contributed by atoms with Gasteiger partial charge in [0.15, 0.2) is 0 Å². The van der Waals surface area contributed by atoms with Gasteiger partial charge in [0.2, 0.25) is 11.8 Å². The molecule has 1 unspecified atom stereocenters. The van der Waals surface area contributed by atoms with Crippen molar-refractivity contribution in [2.24, 2.45) is 17.4 Å².